The summed E-state index contributed by atoms with van der Waals surface area (Å²) >= 11 is 1.40. The molecule has 0 atom stereocenters. The number of fused-ring (bicyclic) bond motifs is 1. The lowest BCUT2D eigenvalue weighted by Gasteiger charge is -2.04. The molecule has 1 aliphatic rings. The number of thiophene rings is 1. The predicted molar refractivity (Wildman–Crippen MR) is 69.2 cm³/mol. The molecule has 1 aliphatic heterocycles. The average molecular weight is 260 g/mol. The molecule has 0 spiro atoms. The van der Waals surface area contributed by atoms with Gasteiger partial charge in [-0.3, -0.25) is 4.79 Å². The standard InChI is InChI=1S/C14H12O3S/c1-16-12-4-5-18-14(12)13(15)9-2-3-10-7-17-8-11(10)6-9/h2-6H,7-8H2,1H3. The van der Waals surface area contributed by atoms with Crippen molar-refractivity contribution in [2.45, 2.75) is 13.2 Å². The van der Waals surface area contributed by atoms with Crippen LogP contribution in [0.2, 0.25) is 0 Å². The maximum absolute atomic E-state index is 12.4. The number of ketones is 1. The highest BCUT2D eigenvalue weighted by atomic mass is 32.1. The monoisotopic (exact) mass is 260 g/mol. The summed E-state index contributed by atoms with van der Waals surface area (Å²) in [6.45, 7) is 1.24. The third kappa shape index (κ3) is 1.83. The molecule has 1 aromatic carbocycles. The van der Waals surface area contributed by atoms with Crippen molar-refractivity contribution in [3.05, 3.63) is 51.2 Å². The zero-order valence-electron chi connectivity index (χ0n) is 9.93. The molecule has 0 saturated heterocycles. The fourth-order valence-corrected chi connectivity index (χ4v) is 2.89. The van der Waals surface area contributed by atoms with Crippen LogP contribution in [0.5, 0.6) is 5.75 Å². The van der Waals surface area contributed by atoms with E-state index in [1.807, 2.05) is 29.6 Å². The molecule has 4 heteroatoms. The number of carbonyl (C=O) groups is 1. The summed E-state index contributed by atoms with van der Waals surface area (Å²) in [5.41, 5.74) is 2.97. The molecule has 0 saturated carbocycles. The lowest BCUT2D eigenvalue weighted by molar-refractivity contribution is 0.103. The Morgan fingerprint density at radius 3 is 2.94 bits per heavy atom. The molecule has 1 aromatic heterocycles. The predicted octanol–water partition coefficient (Wildman–Crippen LogP) is 3.02. The molecule has 3 rings (SSSR count). The highest BCUT2D eigenvalue weighted by molar-refractivity contribution is 7.12. The molecular formula is C14H12O3S. The van der Waals surface area contributed by atoms with Crippen molar-refractivity contribution < 1.29 is 14.3 Å². The van der Waals surface area contributed by atoms with E-state index in [0.29, 0.717) is 29.4 Å². The SMILES string of the molecule is COc1ccsc1C(=O)c1ccc2c(c1)COC2. The molecule has 92 valence electrons. The molecule has 18 heavy (non-hydrogen) atoms. The van der Waals surface area contributed by atoms with Gasteiger partial charge in [-0.2, -0.15) is 0 Å². The van der Waals surface area contributed by atoms with Gasteiger partial charge in [0.1, 0.15) is 10.6 Å². The zero-order valence-corrected chi connectivity index (χ0v) is 10.8. The van der Waals surface area contributed by atoms with Crippen LogP contribution in [-0.4, -0.2) is 12.9 Å². The second kappa shape index (κ2) is 4.55. The third-order valence-corrected chi connectivity index (χ3v) is 3.93. The Balaban J connectivity index is 1.98. The van der Waals surface area contributed by atoms with Gasteiger partial charge in [0, 0.05) is 5.56 Å². The summed E-state index contributed by atoms with van der Waals surface area (Å²) in [6.07, 6.45) is 0. The van der Waals surface area contributed by atoms with Gasteiger partial charge in [0.15, 0.2) is 0 Å². The van der Waals surface area contributed by atoms with Gasteiger partial charge in [0.2, 0.25) is 5.78 Å². The Labute approximate surface area is 109 Å². The van der Waals surface area contributed by atoms with Gasteiger partial charge in [-0.05, 0) is 28.6 Å². The Morgan fingerprint density at radius 1 is 1.28 bits per heavy atom. The minimum atomic E-state index is 0.0107. The van der Waals surface area contributed by atoms with Crippen LogP contribution in [0.1, 0.15) is 26.4 Å². The van der Waals surface area contributed by atoms with E-state index in [4.69, 9.17) is 9.47 Å². The van der Waals surface area contributed by atoms with Gasteiger partial charge >= 0.3 is 0 Å². The summed E-state index contributed by atoms with van der Waals surface area (Å²) < 4.78 is 10.5. The summed E-state index contributed by atoms with van der Waals surface area (Å²) in [5, 5.41) is 1.86. The number of rotatable bonds is 3. The minimum absolute atomic E-state index is 0.0107. The van der Waals surface area contributed by atoms with E-state index in [-0.39, 0.29) is 5.78 Å². The first-order chi connectivity index (χ1) is 8.79. The number of hydrogen-bond donors (Lipinski definition) is 0. The van der Waals surface area contributed by atoms with Gasteiger partial charge in [-0.15, -0.1) is 11.3 Å². The fourth-order valence-electron chi connectivity index (χ4n) is 2.07. The molecule has 0 bridgehead atoms. The zero-order chi connectivity index (χ0) is 12.5. The topological polar surface area (TPSA) is 35.5 Å². The van der Waals surface area contributed by atoms with Gasteiger partial charge in [-0.1, -0.05) is 12.1 Å². The largest absolute Gasteiger partial charge is 0.495 e. The van der Waals surface area contributed by atoms with Crippen molar-refractivity contribution in [3.63, 3.8) is 0 Å². The van der Waals surface area contributed by atoms with Crippen LogP contribution < -0.4 is 4.74 Å². The molecule has 0 fully saturated rings. The van der Waals surface area contributed by atoms with E-state index in [0.717, 1.165) is 5.56 Å². The molecule has 0 amide bonds. The Morgan fingerprint density at radius 2 is 2.11 bits per heavy atom. The van der Waals surface area contributed by atoms with Crippen molar-refractivity contribution in [1.82, 2.24) is 0 Å². The van der Waals surface area contributed by atoms with Crippen LogP contribution >= 0.6 is 11.3 Å². The van der Waals surface area contributed by atoms with E-state index < -0.39 is 0 Å². The molecule has 3 nitrogen and oxygen atoms in total. The number of benzene rings is 1. The summed E-state index contributed by atoms with van der Waals surface area (Å²) in [7, 11) is 1.58. The van der Waals surface area contributed by atoms with Crippen LogP contribution in [0, 0.1) is 0 Å². The van der Waals surface area contributed by atoms with Crippen molar-refractivity contribution in [3.8, 4) is 5.75 Å². The second-order valence-corrected chi connectivity index (χ2v) is 5.04. The molecule has 0 N–H and O–H groups in total. The molecule has 2 aromatic rings. The van der Waals surface area contributed by atoms with E-state index in [2.05, 4.69) is 0 Å². The number of carbonyl (C=O) groups excluding carboxylic acids is 1. The first-order valence-corrected chi connectivity index (χ1v) is 6.53. The average Bonchev–Trinajstić information content (AvgIpc) is 3.05. The number of methoxy groups -OCH3 is 1. The van der Waals surface area contributed by atoms with Crippen molar-refractivity contribution >= 4 is 17.1 Å². The Bertz CT molecular complexity index is 601. The molecular weight excluding hydrogens is 248 g/mol. The maximum Gasteiger partial charge on any atom is 0.206 e. The van der Waals surface area contributed by atoms with Crippen LogP contribution in [-0.2, 0) is 18.0 Å². The van der Waals surface area contributed by atoms with Crippen molar-refractivity contribution in [2.24, 2.45) is 0 Å². The van der Waals surface area contributed by atoms with Gasteiger partial charge in [0.25, 0.3) is 0 Å². The number of hydrogen-bond acceptors (Lipinski definition) is 4. The Hall–Kier alpha value is -1.65. The third-order valence-electron chi connectivity index (χ3n) is 3.04. The quantitative estimate of drug-likeness (QED) is 0.796. The smallest absolute Gasteiger partial charge is 0.206 e. The van der Waals surface area contributed by atoms with E-state index >= 15 is 0 Å². The Kier molecular flexibility index (Phi) is 2.89. The first kappa shape index (κ1) is 11.4. The van der Waals surface area contributed by atoms with Crippen LogP contribution in [0.25, 0.3) is 0 Å². The van der Waals surface area contributed by atoms with Crippen LogP contribution in [0.15, 0.2) is 29.6 Å². The van der Waals surface area contributed by atoms with Gasteiger partial charge < -0.3 is 9.47 Å². The summed E-state index contributed by atoms with van der Waals surface area (Å²) in [6, 6.07) is 7.56. The van der Waals surface area contributed by atoms with Gasteiger partial charge in [0.05, 0.1) is 20.3 Å². The number of ether oxygens (including phenoxy) is 2. The maximum atomic E-state index is 12.4. The highest BCUT2D eigenvalue weighted by Gasteiger charge is 2.19. The lowest BCUT2D eigenvalue weighted by atomic mass is 10.0. The van der Waals surface area contributed by atoms with Crippen LogP contribution in [0.4, 0.5) is 0 Å². The first-order valence-electron chi connectivity index (χ1n) is 5.65. The van der Waals surface area contributed by atoms with Gasteiger partial charge in [-0.25, -0.2) is 0 Å². The molecule has 0 radical (unpaired) electrons. The fraction of sp³-hybridized carbons (Fsp3) is 0.214. The van der Waals surface area contributed by atoms with Crippen LogP contribution in [0.3, 0.4) is 0 Å². The second-order valence-electron chi connectivity index (χ2n) is 4.12. The van der Waals surface area contributed by atoms with Crippen molar-refractivity contribution in [1.29, 1.82) is 0 Å². The van der Waals surface area contributed by atoms with E-state index in [1.54, 1.807) is 7.11 Å². The van der Waals surface area contributed by atoms with E-state index in [9.17, 15) is 4.79 Å². The minimum Gasteiger partial charge on any atom is -0.495 e. The molecule has 0 aliphatic carbocycles. The van der Waals surface area contributed by atoms with E-state index in [1.165, 1.54) is 16.9 Å². The molecule has 2 heterocycles. The highest BCUT2D eigenvalue weighted by Crippen LogP contribution is 2.29. The van der Waals surface area contributed by atoms with Crippen molar-refractivity contribution in [2.75, 3.05) is 7.11 Å². The lowest BCUT2D eigenvalue weighted by Crippen LogP contribution is -2.01. The molecule has 0 unspecified atom stereocenters. The summed E-state index contributed by atoms with van der Waals surface area (Å²) in [5.74, 6) is 0.651. The normalized spacial score (nSPS) is 13.4. The summed E-state index contributed by atoms with van der Waals surface area (Å²) in [4.78, 5) is 13.0.